The first-order valence-electron chi connectivity index (χ1n) is 10.8. The third kappa shape index (κ3) is 2.37. The van der Waals surface area contributed by atoms with E-state index in [0.717, 1.165) is 14.6 Å². The standard InChI is InChI=1S/C24H20B4N2/c25-27-29-21-7-3-1-5-17(21)19-13-15(9-11-23(19)29)16-10-12-24-20(14-16)18-6-2-4-8-22(18)30(24)28-26/h1-14,27-28H,25-26H2. The zero-order chi connectivity index (χ0) is 20.2. The molecule has 0 amide bonds. The molecule has 30 heavy (non-hydrogen) atoms. The van der Waals surface area contributed by atoms with Gasteiger partial charge in [0.1, 0.15) is 0 Å². The van der Waals surface area contributed by atoms with Gasteiger partial charge in [0.05, 0.1) is 15.5 Å². The number of hydrogen-bond acceptors (Lipinski definition) is 0. The zero-order valence-electron chi connectivity index (χ0n) is 17.4. The lowest BCUT2D eigenvalue weighted by molar-refractivity contribution is 1.38. The predicted octanol–water partition coefficient (Wildman–Crippen LogP) is 3.06. The highest BCUT2D eigenvalue weighted by molar-refractivity contribution is 6.89. The second-order valence-corrected chi connectivity index (χ2v) is 7.99. The van der Waals surface area contributed by atoms with E-state index < -0.39 is 0 Å². The van der Waals surface area contributed by atoms with Crippen molar-refractivity contribution in [1.82, 2.24) is 8.96 Å². The van der Waals surface area contributed by atoms with Crippen molar-refractivity contribution >= 4 is 73.7 Å². The van der Waals surface area contributed by atoms with Crippen LogP contribution < -0.4 is 0 Å². The summed E-state index contributed by atoms with van der Waals surface area (Å²) in [4.78, 5) is 0. The molecule has 6 heteroatoms. The fraction of sp³-hybridized carbons (Fsp3) is 0. The van der Waals surface area contributed by atoms with Gasteiger partial charge in [-0.05, 0) is 47.5 Å². The molecule has 0 aliphatic carbocycles. The molecule has 0 fully saturated rings. The third-order valence-corrected chi connectivity index (χ3v) is 6.51. The lowest BCUT2D eigenvalue weighted by atomic mass is 9.66. The van der Waals surface area contributed by atoms with Gasteiger partial charge >= 0.3 is 0 Å². The van der Waals surface area contributed by atoms with Crippen molar-refractivity contribution in [3.63, 3.8) is 0 Å². The van der Waals surface area contributed by atoms with Gasteiger partial charge < -0.3 is 8.96 Å². The molecule has 0 N–H and O–H groups in total. The molecule has 0 radical (unpaired) electrons. The second-order valence-electron chi connectivity index (χ2n) is 7.99. The third-order valence-electron chi connectivity index (χ3n) is 6.51. The monoisotopic (exact) mass is 380 g/mol. The number of benzene rings is 4. The Kier molecular flexibility index (Phi) is 3.89. The van der Waals surface area contributed by atoms with Gasteiger partial charge in [-0.2, -0.15) is 0 Å². The molecule has 0 spiro atoms. The Morgan fingerprint density at radius 2 is 0.867 bits per heavy atom. The summed E-state index contributed by atoms with van der Waals surface area (Å²) in [5.74, 6) is 0. The molecule has 0 aliphatic rings. The van der Waals surface area contributed by atoms with Crippen LogP contribution in [0.25, 0.3) is 54.7 Å². The molecule has 4 aromatic carbocycles. The van der Waals surface area contributed by atoms with Crippen molar-refractivity contribution in [2.24, 2.45) is 0 Å². The molecule has 6 aromatic rings. The number of rotatable bonds is 3. The van der Waals surface area contributed by atoms with Gasteiger partial charge in [-0.25, -0.2) is 0 Å². The molecule has 138 valence electrons. The number of fused-ring (bicyclic) bond motifs is 6. The topological polar surface area (TPSA) is 9.86 Å². The van der Waals surface area contributed by atoms with Crippen LogP contribution in [0.1, 0.15) is 0 Å². The van der Waals surface area contributed by atoms with Crippen LogP contribution in [0.15, 0.2) is 84.9 Å². The van der Waals surface area contributed by atoms with Crippen LogP contribution in [0.2, 0.25) is 0 Å². The van der Waals surface area contributed by atoms with Gasteiger partial charge in [0.15, 0.2) is 14.6 Å². The van der Waals surface area contributed by atoms with E-state index in [1.807, 2.05) is 0 Å². The van der Waals surface area contributed by atoms with E-state index in [4.69, 9.17) is 0 Å². The molecule has 0 unspecified atom stereocenters. The van der Waals surface area contributed by atoms with E-state index in [1.165, 1.54) is 54.7 Å². The maximum atomic E-state index is 2.41. The van der Waals surface area contributed by atoms with Crippen molar-refractivity contribution in [2.75, 3.05) is 0 Å². The first-order chi connectivity index (χ1) is 14.8. The minimum absolute atomic E-state index is 0.978. The van der Waals surface area contributed by atoms with E-state index in [0.29, 0.717) is 0 Å². The molecule has 0 bridgehead atoms. The van der Waals surface area contributed by atoms with Crippen molar-refractivity contribution in [3.8, 4) is 11.1 Å². The molecule has 2 aromatic heterocycles. The number of aromatic nitrogens is 2. The summed E-state index contributed by atoms with van der Waals surface area (Å²) >= 11 is 0. The van der Waals surface area contributed by atoms with Gasteiger partial charge in [0, 0.05) is 43.6 Å². The molecular formula is C24H20B4N2. The SMILES string of the molecule is BBn1c2ccccc2c2cc(-c3ccc4c(c3)c3ccccc3n4BB)ccc21. The van der Waals surface area contributed by atoms with E-state index in [2.05, 4.69) is 109 Å². The fourth-order valence-electron chi connectivity index (χ4n) is 5.15. The van der Waals surface area contributed by atoms with Crippen LogP contribution in [-0.4, -0.2) is 39.0 Å². The second kappa shape index (κ2) is 6.63. The maximum absolute atomic E-state index is 2.41. The Bertz CT molecular complexity index is 1460. The molecule has 0 saturated carbocycles. The highest BCUT2D eigenvalue weighted by atomic mass is 14.9. The molecule has 2 nitrogen and oxygen atoms in total. The first-order valence-corrected chi connectivity index (χ1v) is 10.8. The van der Waals surface area contributed by atoms with Crippen molar-refractivity contribution in [1.29, 1.82) is 0 Å². The summed E-state index contributed by atoms with van der Waals surface area (Å²) in [7, 11) is 6.39. The Morgan fingerprint density at radius 3 is 1.30 bits per heavy atom. The molecule has 6 rings (SSSR count). The fourth-order valence-corrected chi connectivity index (χ4v) is 5.15. The molecule has 0 aliphatic heterocycles. The van der Waals surface area contributed by atoms with Crippen LogP contribution in [0, 0.1) is 0 Å². The Morgan fingerprint density at radius 1 is 0.467 bits per heavy atom. The lowest BCUT2D eigenvalue weighted by Gasteiger charge is -2.06. The first kappa shape index (κ1) is 17.6. The Balaban J connectivity index is 1.62. The van der Waals surface area contributed by atoms with Crippen LogP contribution in [0.4, 0.5) is 0 Å². The summed E-state index contributed by atoms with van der Waals surface area (Å²) in [5.41, 5.74) is 7.80. The zero-order valence-corrected chi connectivity index (χ0v) is 17.4. The Labute approximate surface area is 178 Å². The summed E-state index contributed by atoms with van der Waals surface area (Å²) in [6, 6.07) is 31.3. The number of para-hydroxylation sites is 2. The minimum Gasteiger partial charge on any atom is -0.397 e. The van der Waals surface area contributed by atoms with E-state index in [-0.39, 0.29) is 0 Å². The summed E-state index contributed by atoms with van der Waals surface area (Å²) in [6.45, 7) is 0. The average Bonchev–Trinajstić information content (AvgIpc) is 3.30. The summed E-state index contributed by atoms with van der Waals surface area (Å²) in [5, 5.41) is 5.33. The Hall–Kier alpha value is -3.26. The number of nitrogens with zero attached hydrogens (tertiary/aromatic N) is 2. The number of hydrogen-bond donors (Lipinski definition) is 0. The summed E-state index contributed by atoms with van der Waals surface area (Å²) < 4.78 is 4.82. The van der Waals surface area contributed by atoms with Gasteiger partial charge in [-0.3, -0.25) is 0 Å². The van der Waals surface area contributed by atoms with E-state index >= 15 is 0 Å². The van der Waals surface area contributed by atoms with E-state index in [1.54, 1.807) is 0 Å². The van der Waals surface area contributed by atoms with Gasteiger partial charge in [-0.1, -0.05) is 48.5 Å². The highest BCUT2D eigenvalue weighted by Gasteiger charge is 2.13. The van der Waals surface area contributed by atoms with Gasteiger partial charge in [-0.15, -0.1) is 0 Å². The van der Waals surface area contributed by atoms with E-state index in [9.17, 15) is 0 Å². The molecule has 0 atom stereocenters. The van der Waals surface area contributed by atoms with Crippen molar-refractivity contribution in [2.45, 2.75) is 0 Å². The van der Waals surface area contributed by atoms with Crippen LogP contribution in [0.5, 0.6) is 0 Å². The largest absolute Gasteiger partial charge is 0.397 e. The maximum Gasteiger partial charge on any atom is 0.198 e. The normalized spacial score (nSPS) is 11.6. The molecular weight excluding hydrogens is 360 g/mol. The lowest BCUT2D eigenvalue weighted by Crippen LogP contribution is -2.04. The average molecular weight is 380 g/mol. The summed E-state index contributed by atoms with van der Waals surface area (Å²) in [6.07, 6.45) is 0. The quantitative estimate of drug-likeness (QED) is 0.418. The van der Waals surface area contributed by atoms with Gasteiger partial charge in [0.2, 0.25) is 0 Å². The van der Waals surface area contributed by atoms with Crippen LogP contribution in [0.3, 0.4) is 0 Å². The minimum atomic E-state index is 0.978. The van der Waals surface area contributed by atoms with Crippen molar-refractivity contribution in [3.05, 3.63) is 84.9 Å². The predicted molar refractivity (Wildman–Crippen MR) is 140 cm³/mol. The van der Waals surface area contributed by atoms with Crippen LogP contribution >= 0.6 is 0 Å². The smallest absolute Gasteiger partial charge is 0.198 e. The van der Waals surface area contributed by atoms with Crippen molar-refractivity contribution < 1.29 is 0 Å². The van der Waals surface area contributed by atoms with Crippen LogP contribution in [-0.2, 0) is 0 Å². The highest BCUT2D eigenvalue weighted by Crippen LogP contribution is 2.35. The molecule has 0 saturated heterocycles. The molecule has 2 heterocycles. The van der Waals surface area contributed by atoms with Gasteiger partial charge in [0.25, 0.3) is 0 Å².